The van der Waals surface area contributed by atoms with E-state index in [9.17, 15) is 0 Å². The summed E-state index contributed by atoms with van der Waals surface area (Å²) in [5.74, 6) is 5.45. The van der Waals surface area contributed by atoms with Gasteiger partial charge in [0, 0.05) is 5.54 Å². The Kier molecular flexibility index (Phi) is 9.12. The van der Waals surface area contributed by atoms with Crippen LogP contribution in [-0.4, -0.2) is 5.54 Å². The van der Waals surface area contributed by atoms with Crippen molar-refractivity contribution in [3.63, 3.8) is 0 Å². The van der Waals surface area contributed by atoms with Gasteiger partial charge in [0.25, 0.3) is 0 Å². The standard InChI is InChI=1S/C13H30N2/c1-4-5-6-7-8-9-10-11-12-13(2,3)15-14/h15H,4-12,14H2,1-3H3. The molecule has 0 aliphatic rings. The first-order valence-corrected chi connectivity index (χ1v) is 6.60. The van der Waals surface area contributed by atoms with Crippen molar-refractivity contribution in [1.29, 1.82) is 0 Å². The fourth-order valence-corrected chi connectivity index (χ4v) is 1.77. The second-order valence-corrected chi connectivity index (χ2v) is 5.25. The maximum absolute atomic E-state index is 5.45. The van der Waals surface area contributed by atoms with Crippen LogP contribution < -0.4 is 11.3 Å². The minimum absolute atomic E-state index is 0.113. The molecule has 0 rings (SSSR count). The Morgan fingerprint density at radius 3 is 1.80 bits per heavy atom. The Morgan fingerprint density at radius 2 is 1.33 bits per heavy atom. The van der Waals surface area contributed by atoms with Crippen LogP contribution in [0.25, 0.3) is 0 Å². The molecule has 0 amide bonds. The molecule has 0 fully saturated rings. The van der Waals surface area contributed by atoms with Crippen LogP contribution in [0.4, 0.5) is 0 Å². The van der Waals surface area contributed by atoms with Gasteiger partial charge in [-0.25, -0.2) is 0 Å². The normalized spacial score (nSPS) is 12.0. The minimum Gasteiger partial charge on any atom is -0.271 e. The van der Waals surface area contributed by atoms with Gasteiger partial charge in [-0.1, -0.05) is 58.3 Å². The molecule has 0 aliphatic carbocycles. The average molecular weight is 214 g/mol. The summed E-state index contributed by atoms with van der Waals surface area (Å²) in [6.45, 7) is 6.59. The molecule has 0 radical (unpaired) electrons. The number of nitrogens with two attached hydrogens (primary N) is 1. The Balaban J connectivity index is 3.11. The highest BCUT2D eigenvalue weighted by Crippen LogP contribution is 2.14. The van der Waals surface area contributed by atoms with Gasteiger partial charge in [-0.05, 0) is 20.3 Å². The van der Waals surface area contributed by atoms with Crippen LogP contribution in [0.5, 0.6) is 0 Å². The highest BCUT2D eigenvalue weighted by Gasteiger charge is 2.13. The van der Waals surface area contributed by atoms with E-state index in [0.717, 1.165) is 0 Å². The zero-order valence-electron chi connectivity index (χ0n) is 10.9. The summed E-state index contributed by atoms with van der Waals surface area (Å²) in [6, 6.07) is 0. The van der Waals surface area contributed by atoms with Crippen LogP contribution in [0.15, 0.2) is 0 Å². The van der Waals surface area contributed by atoms with E-state index in [-0.39, 0.29) is 5.54 Å². The fraction of sp³-hybridized carbons (Fsp3) is 1.00. The van der Waals surface area contributed by atoms with Crippen molar-refractivity contribution in [3.05, 3.63) is 0 Å². The maximum atomic E-state index is 5.45. The molecule has 0 aromatic rings. The SMILES string of the molecule is CCCCCCCCCCC(C)(C)NN. The van der Waals surface area contributed by atoms with Gasteiger partial charge in [-0.2, -0.15) is 0 Å². The molecule has 92 valence electrons. The van der Waals surface area contributed by atoms with Crippen molar-refractivity contribution in [2.24, 2.45) is 5.84 Å². The first-order valence-electron chi connectivity index (χ1n) is 6.60. The average Bonchev–Trinajstić information content (AvgIpc) is 2.22. The third kappa shape index (κ3) is 10.2. The zero-order valence-corrected chi connectivity index (χ0v) is 10.9. The number of hydrogen-bond donors (Lipinski definition) is 2. The lowest BCUT2D eigenvalue weighted by Crippen LogP contribution is -2.43. The van der Waals surface area contributed by atoms with Crippen molar-refractivity contribution in [2.45, 2.75) is 84.1 Å². The van der Waals surface area contributed by atoms with Gasteiger partial charge < -0.3 is 0 Å². The molecule has 0 aliphatic heterocycles. The molecule has 0 saturated carbocycles. The molecule has 3 N–H and O–H groups in total. The van der Waals surface area contributed by atoms with Gasteiger partial charge in [-0.3, -0.25) is 11.3 Å². The smallest absolute Gasteiger partial charge is 0.0265 e. The van der Waals surface area contributed by atoms with Crippen LogP contribution in [0, 0.1) is 0 Å². The van der Waals surface area contributed by atoms with E-state index >= 15 is 0 Å². The summed E-state index contributed by atoms with van der Waals surface area (Å²) in [5.41, 5.74) is 2.97. The van der Waals surface area contributed by atoms with E-state index in [1.165, 1.54) is 57.8 Å². The lowest BCUT2D eigenvalue weighted by molar-refractivity contribution is 0.353. The van der Waals surface area contributed by atoms with Crippen molar-refractivity contribution in [2.75, 3.05) is 0 Å². The number of unbranched alkanes of at least 4 members (excludes halogenated alkanes) is 7. The highest BCUT2D eigenvalue weighted by molar-refractivity contribution is 4.73. The Hall–Kier alpha value is -0.0800. The second kappa shape index (κ2) is 9.17. The van der Waals surface area contributed by atoms with Gasteiger partial charge in [-0.15, -0.1) is 0 Å². The third-order valence-electron chi connectivity index (χ3n) is 3.05. The lowest BCUT2D eigenvalue weighted by atomic mass is 9.97. The summed E-state index contributed by atoms with van der Waals surface area (Å²) in [4.78, 5) is 0. The number of rotatable bonds is 10. The lowest BCUT2D eigenvalue weighted by Gasteiger charge is -2.23. The van der Waals surface area contributed by atoms with E-state index in [4.69, 9.17) is 5.84 Å². The molecule has 0 spiro atoms. The number of hydrazine groups is 1. The van der Waals surface area contributed by atoms with Gasteiger partial charge >= 0.3 is 0 Å². The second-order valence-electron chi connectivity index (χ2n) is 5.25. The molecule has 0 aromatic heterocycles. The predicted octanol–water partition coefficient (Wildman–Crippen LogP) is 3.76. The molecule has 15 heavy (non-hydrogen) atoms. The number of hydrogen-bond acceptors (Lipinski definition) is 2. The molecule has 0 aromatic carbocycles. The third-order valence-corrected chi connectivity index (χ3v) is 3.05. The van der Waals surface area contributed by atoms with Crippen molar-refractivity contribution < 1.29 is 0 Å². The summed E-state index contributed by atoms with van der Waals surface area (Å²) < 4.78 is 0. The largest absolute Gasteiger partial charge is 0.271 e. The first kappa shape index (κ1) is 14.9. The Labute approximate surface area is 96.0 Å². The first-order chi connectivity index (χ1) is 7.12. The van der Waals surface area contributed by atoms with Gasteiger partial charge in [0.1, 0.15) is 0 Å². The van der Waals surface area contributed by atoms with Crippen LogP contribution in [0.3, 0.4) is 0 Å². The quantitative estimate of drug-likeness (QED) is 0.330. The van der Waals surface area contributed by atoms with Gasteiger partial charge in [0.2, 0.25) is 0 Å². The van der Waals surface area contributed by atoms with E-state index < -0.39 is 0 Å². The fourth-order valence-electron chi connectivity index (χ4n) is 1.77. The molecule has 0 atom stereocenters. The van der Waals surface area contributed by atoms with Crippen LogP contribution in [0.2, 0.25) is 0 Å². The van der Waals surface area contributed by atoms with E-state index in [1.807, 2.05) is 0 Å². The summed E-state index contributed by atoms with van der Waals surface area (Å²) in [6.07, 6.45) is 12.2. The molecule has 2 heteroatoms. The molecule has 0 unspecified atom stereocenters. The Bertz CT molecular complexity index is 132. The van der Waals surface area contributed by atoms with Crippen molar-refractivity contribution in [1.82, 2.24) is 5.43 Å². The minimum atomic E-state index is 0.113. The zero-order chi connectivity index (χ0) is 11.6. The molecular weight excluding hydrogens is 184 g/mol. The van der Waals surface area contributed by atoms with Crippen LogP contribution in [0.1, 0.15) is 78.6 Å². The highest BCUT2D eigenvalue weighted by atomic mass is 15.3. The van der Waals surface area contributed by atoms with Crippen molar-refractivity contribution in [3.8, 4) is 0 Å². The summed E-state index contributed by atoms with van der Waals surface area (Å²) >= 11 is 0. The van der Waals surface area contributed by atoms with Gasteiger partial charge in [0.15, 0.2) is 0 Å². The molecule has 0 heterocycles. The monoisotopic (exact) mass is 214 g/mol. The van der Waals surface area contributed by atoms with E-state index in [0.29, 0.717) is 0 Å². The summed E-state index contributed by atoms with van der Waals surface area (Å²) in [5, 5.41) is 0. The van der Waals surface area contributed by atoms with Crippen LogP contribution in [-0.2, 0) is 0 Å². The van der Waals surface area contributed by atoms with E-state index in [2.05, 4.69) is 26.2 Å². The summed E-state index contributed by atoms with van der Waals surface area (Å²) in [7, 11) is 0. The molecule has 0 bridgehead atoms. The molecule has 2 nitrogen and oxygen atoms in total. The predicted molar refractivity (Wildman–Crippen MR) is 68.6 cm³/mol. The Morgan fingerprint density at radius 1 is 0.867 bits per heavy atom. The molecule has 0 saturated heterocycles. The van der Waals surface area contributed by atoms with Crippen molar-refractivity contribution >= 4 is 0 Å². The van der Waals surface area contributed by atoms with E-state index in [1.54, 1.807) is 0 Å². The topological polar surface area (TPSA) is 38.0 Å². The van der Waals surface area contributed by atoms with Crippen LogP contribution >= 0.6 is 0 Å². The van der Waals surface area contributed by atoms with Gasteiger partial charge in [0.05, 0.1) is 0 Å². The molecular formula is C13H30N2. The number of nitrogens with one attached hydrogen (secondary N) is 1. The maximum Gasteiger partial charge on any atom is 0.0265 e.